The highest BCUT2D eigenvalue weighted by Crippen LogP contribution is 2.50. The molecule has 2 saturated heterocycles. The minimum absolute atomic E-state index is 0.0535. The van der Waals surface area contributed by atoms with Crippen LogP contribution in [0.1, 0.15) is 45.9 Å². The van der Waals surface area contributed by atoms with E-state index in [-0.39, 0.29) is 76.4 Å². The van der Waals surface area contributed by atoms with Crippen molar-refractivity contribution in [1.82, 2.24) is 34.9 Å². The lowest BCUT2D eigenvalue weighted by atomic mass is 9.96. The first kappa shape index (κ1) is 36.2. The summed E-state index contributed by atoms with van der Waals surface area (Å²) < 4.78 is 70.2. The average molecular weight is 741 g/mol. The molecule has 3 aromatic rings. The second-order valence-electron chi connectivity index (χ2n) is 13.1. The molecule has 3 atom stereocenters. The van der Waals surface area contributed by atoms with Gasteiger partial charge in [0.1, 0.15) is 0 Å². The van der Waals surface area contributed by atoms with Crippen LogP contribution in [-0.2, 0) is 29.4 Å². The summed E-state index contributed by atoms with van der Waals surface area (Å²) in [6.07, 6.45) is -1.52. The number of piperidine rings is 2. The predicted octanol–water partition coefficient (Wildman–Crippen LogP) is 3.75. The number of carbonyl (C=O) groups is 4. The van der Waals surface area contributed by atoms with Gasteiger partial charge in [0.25, 0.3) is 24.2 Å². The molecule has 4 heterocycles. The number of aromatic nitrogens is 4. The molecule has 2 aromatic heterocycles. The standard InChI is InChI=1S/C31H32ClF5N8O3.CH2O2/c1-43-23(21-14-45(11-16-9-30(16,33)34)42-25(21)31(35,36)37)10-39-26(43)28(47)40-17-2-3-18(22(32)8-17)27(46)41-24-19-12-44(13-20(19)24)29(48)15-4-6-38-7-5-15;2-1-3/h2-3,8,10,14-16,19-20,24,38H,4-7,9,11-13H2,1H3,(H,40,47)(H,41,46);1H,(H,2,3). The molecule has 4 fully saturated rings. The summed E-state index contributed by atoms with van der Waals surface area (Å²) in [7, 11) is 1.35. The molecule has 0 spiro atoms. The van der Waals surface area contributed by atoms with Crippen LogP contribution in [-0.4, -0.2) is 91.7 Å². The van der Waals surface area contributed by atoms with Crippen LogP contribution >= 0.6 is 11.6 Å². The van der Waals surface area contributed by atoms with Crippen LogP contribution in [0.4, 0.5) is 27.6 Å². The van der Waals surface area contributed by atoms with Crippen LogP contribution in [0.25, 0.3) is 11.3 Å². The molecule has 4 N–H and O–H groups in total. The van der Waals surface area contributed by atoms with Crippen LogP contribution in [0.2, 0.25) is 5.02 Å². The SMILES string of the molecule is Cn1c(-c2cn(CC3CC3(F)F)nc2C(F)(F)F)cnc1C(=O)Nc1ccc(C(=O)NC2C3CN(C(=O)C4CCNCC4)CC32)c(Cl)c1.O=CO. The fourth-order valence-corrected chi connectivity index (χ4v) is 7.18. The van der Waals surface area contributed by atoms with Crippen molar-refractivity contribution in [2.45, 2.75) is 43.9 Å². The molecular formula is C32H34ClF5N8O5. The van der Waals surface area contributed by atoms with Gasteiger partial charge in [-0.2, -0.15) is 18.3 Å². The van der Waals surface area contributed by atoms with E-state index in [1.54, 1.807) is 0 Å². The zero-order chi connectivity index (χ0) is 36.8. The van der Waals surface area contributed by atoms with Crippen molar-refractivity contribution in [1.29, 1.82) is 0 Å². The number of halogens is 6. The normalized spacial score (nSPS) is 23.5. The predicted molar refractivity (Wildman–Crippen MR) is 171 cm³/mol. The highest BCUT2D eigenvalue weighted by atomic mass is 35.5. The lowest BCUT2D eigenvalue weighted by molar-refractivity contribution is -0.141. The van der Waals surface area contributed by atoms with Gasteiger partial charge >= 0.3 is 6.18 Å². The van der Waals surface area contributed by atoms with Crippen molar-refractivity contribution < 1.29 is 46.2 Å². The Balaban J connectivity index is 0.00000144. The number of fused-ring (bicyclic) bond motifs is 1. The van der Waals surface area contributed by atoms with Crippen molar-refractivity contribution in [3.05, 3.63) is 52.7 Å². The number of alkyl halides is 5. The van der Waals surface area contributed by atoms with Gasteiger partial charge in [0.2, 0.25) is 5.91 Å². The summed E-state index contributed by atoms with van der Waals surface area (Å²) in [4.78, 5) is 53.2. The van der Waals surface area contributed by atoms with Gasteiger partial charge in [0.15, 0.2) is 11.5 Å². The zero-order valence-electron chi connectivity index (χ0n) is 27.1. The topological polar surface area (TPSA) is 163 Å². The van der Waals surface area contributed by atoms with Crippen molar-refractivity contribution in [3.63, 3.8) is 0 Å². The summed E-state index contributed by atoms with van der Waals surface area (Å²) in [6, 6.07) is 4.25. The van der Waals surface area contributed by atoms with Gasteiger partial charge in [-0.1, -0.05) is 11.6 Å². The molecule has 19 heteroatoms. The summed E-state index contributed by atoms with van der Waals surface area (Å²) in [5, 5.41) is 19.3. The molecule has 7 rings (SSSR count). The van der Waals surface area contributed by atoms with Gasteiger partial charge in [0.05, 0.1) is 28.0 Å². The molecule has 0 radical (unpaired) electrons. The van der Waals surface area contributed by atoms with Gasteiger partial charge < -0.3 is 30.5 Å². The summed E-state index contributed by atoms with van der Waals surface area (Å²) in [6.45, 7) is 2.29. The fourth-order valence-electron chi connectivity index (χ4n) is 6.92. The smallest absolute Gasteiger partial charge is 0.435 e. The van der Waals surface area contributed by atoms with Gasteiger partial charge in [-0.3, -0.25) is 23.9 Å². The summed E-state index contributed by atoms with van der Waals surface area (Å²) >= 11 is 6.41. The Labute approximate surface area is 292 Å². The third kappa shape index (κ3) is 7.56. The minimum Gasteiger partial charge on any atom is -0.483 e. The maximum atomic E-state index is 13.8. The Morgan fingerprint density at radius 1 is 1.14 bits per heavy atom. The van der Waals surface area contributed by atoms with Crippen molar-refractivity contribution in [3.8, 4) is 11.3 Å². The number of rotatable bonds is 8. The van der Waals surface area contributed by atoms with Gasteiger partial charge in [0, 0.05) is 74.7 Å². The van der Waals surface area contributed by atoms with Crippen LogP contribution in [0.5, 0.6) is 0 Å². The molecule has 3 unspecified atom stereocenters. The molecule has 51 heavy (non-hydrogen) atoms. The first-order valence-corrected chi connectivity index (χ1v) is 16.5. The van der Waals surface area contributed by atoms with Crippen LogP contribution in [0, 0.1) is 23.7 Å². The highest BCUT2D eigenvalue weighted by molar-refractivity contribution is 6.34. The fraction of sp³-hybridized carbons (Fsp3) is 0.500. The summed E-state index contributed by atoms with van der Waals surface area (Å²) in [5.74, 6) is -4.75. The van der Waals surface area contributed by atoms with Crippen molar-refractivity contribution >= 4 is 41.5 Å². The maximum Gasteiger partial charge on any atom is 0.435 e. The first-order chi connectivity index (χ1) is 24.1. The third-order valence-corrected chi connectivity index (χ3v) is 10.1. The molecule has 2 saturated carbocycles. The number of anilines is 1. The van der Waals surface area contributed by atoms with E-state index in [9.17, 15) is 36.3 Å². The maximum absolute atomic E-state index is 13.8. The number of likely N-dealkylation sites (tertiary alicyclic amines) is 1. The first-order valence-electron chi connectivity index (χ1n) is 16.2. The molecule has 1 aromatic carbocycles. The van der Waals surface area contributed by atoms with Crippen LogP contribution in [0.3, 0.4) is 0 Å². The molecule has 2 aliphatic heterocycles. The van der Waals surface area contributed by atoms with E-state index in [4.69, 9.17) is 21.5 Å². The minimum atomic E-state index is -4.88. The summed E-state index contributed by atoms with van der Waals surface area (Å²) in [5.41, 5.74) is -1.35. The van der Waals surface area contributed by atoms with E-state index in [0.717, 1.165) is 47.6 Å². The Bertz CT molecular complexity index is 1830. The van der Waals surface area contributed by atoms with E-state index in [1.165, 1.54) is 25.2 Å². The molecular weight excluding hydrogens is 707 g/mol. The number of benzene rings is 1. The van der Waals surface area contributed by atoms with E-state index in [1.807, 2.05) is 4.90 Å². The van der Waals surface area contributed by atoms with Crippen LogP contribution < -0.4 is 16.0 Å². The number of carboxylic acid groups (broad SMARTS) is 1. The average Bonchev–Trinajstić information content (AvgIpc) is 3.54. The molecule has 274 valence electrons. The van der Waals surface area contributed by atoms with Gasteiger partial charge in [-0.25, -0.2) is 13.8 Å². The van der Waals surface area contributed by atoms with Gasteiger partial charge in [-0.05, 0) is 44.1 Å². The van der Waals surface area contributed by atoms with Crippen molar-refractivity contribution in [2.24, 2.45) is 30.7 Å². The number of amides is 3. The van der Waals surface area contributed by atoms with Gasteiger partial charge in [-0.15, -0.1) is 0 Å². The van der Waals surface area contributed by atoms with E-state index < -0.39 is 41.6 Å². The molecule has 4 aliphatic rings. The molecule has 13 nitrogen and oxygen atoms in total. The number of carbonyl (C=O) groups excluding carboxylic acids is 3. The molecule has 2 aliphatic carbocycles. The number of hydrogen-bond acceptors (Lipinski definition) is 7. The second kappa shape index (κ2) is 13.9. The lowest BCUT2D eigenvalue weighted by Gasteiger charge is -2.28. The Morgan fingerprint density at radius 2 is 1.78 bits per heavy atom. The monoisotopic (exact) mass is 740 g/mol. The Hall–Kier alpha value is -4.58. The van der Waals surface area contributed by atoms with E-state index in [0.29, 0.717) is 13.1 Å². The second-order valence-corrected chi connectivity index (χ2v) is 13.6. The quantitative estimate of drug-likeness (QED) is 0.201. The Kier molecular flexibility index (Phi) is 9.84. The lowest BCUT2D eigenvalue weighted by Crippen LogP contribution is -2.43. The largest absolute Gasteiger partial charge is 0.483 e. The third-order valence-electron chi connectivity index (χ3n) is 9.82. The van der Waals surface area contributed by atoms with E-state index >= 15 is 0 Å². The van der Waals surface area contributed by atoms with Crippen LogP contribution in [0.15, 0.2) is 30.6 Å². The number of hydrogen-bond donors (Lipinski definition) is 4. The number of nitrogens with zero attached hydrogens (tertiary/aromatic N) is 5. The molecule has 3 amide bonds. The number of nitrogens with one attached hydrogen (secondary N) is 3. The van der Waals surface area contributed by atoms with E-state index in [2.05, 4.69) is 26.0 Å². The molecule has 0 bridgehead atoms. The zero-order valence-corrected chi connectivity index (χ0v) is 27.8. The van der Waals surface area contributed by atoms with Crippen molar-refractivity contribution in [2.75, 3.05) is 31.5 Å². The number of imidazole rings is 1. The Morgan fingerprint density at radius 3 is 2.37 bits per heavy atom. The highest BCUT2D eigenvalue weighted by Gasteiger charge is 2.58.